The lowest BCUT2D eigenvalue weighted by molar-refractivity contribution is 0.0173. The van der Waals surface area contributed by atoms with Gasteiger partial charge in [0.15, 0.2) is 0 Å². The predicted molar refractivity (Wildman–Crippen MR) is 99.6 cm³/mol. The first-order valence-electron chi connectivity index (χ1n) is 9.06. The molecule has 1 fully saturated rings. The fourth-order valence-corrected chi connectivity index (χ4v) is 3.55. The van der Waals surface area contributed by atoms with Gasteiger partial charge in [-0.25, -0.2) is 8.78 Å². The van der Waals surface area contributed by atoms with Gasteiger partial charge in [-0.15, -0.1) is 0 Å². The zero-order valence-electron chi connectivity index (χ0n) is 15.3. The van der Waals surface area contributed by atoms with Gasteiger partial charge in [0.25, 0.3) is 5.92 Å². The van der Waals surface area contributed by atoms with Crippen LogP contribution in [-0.4, -0.2) is 19.7 Å². The molecule has 0 aliphatic carbocycles. The lowest BCUT2D eigenvalue weighted by Crippen LogP contribution is -2.45. The van der Waals surface area contributed by atoms with Gasteiger partial charge in [-0.05, 0) is 43.1 Å². The van der Waals surface area contributed by atoms with Crippen LogP contribution in [0.1, 0.15) is 42.5 Å². The molecular weight excluding hydrogens is 334 g/mol. The molecule has 1 heterocycles. The molecule has 5 heteroatoms. The normalized spacial score (nSPS) is 20.8. The summed E-state index contributed by atoms with van der Waals surface area (Å²) in [5.74, 6) is -2.23. The molecule has 2 atom stereocenters. The van der Waals surface area contributed by atoms with E-state index in [1.54, 1.807) is 19.2 Å². The summed E-state index contributed by atoms with van der Waals surface area (Å²) in [6, 6.07) is 15.4. The van der Waals surface area contributed by atoms with Crippen LogP contribution in [0.5, 0.6) is 5.75 Å². The molecule has 3 rings (SSSR count). The van der Waals surface area contributed by atoms with Gasteiger partial charge in [0, 0.05) is 36.7 Å². The van der Waals surface area contributed by atoms with Crippen LogP contribution < -0.4 is 15.4 Å². The van der Waals surface area contributed by atoms with Crippen molar-refractivity contribution >= 4 is 0 Å². The van der Waals surface area contributed by atoms with E-state index in [0.29, 0.717) is 12.3 Å². The Morgan fingerprint density at radius 1 is 1.19 bits per heavy atom. The summed E-state index contributed by atoms with van der Waals surface area (Å²) in [5, 5.41) is 7.12. The Labute approximate surface area is 153 Å². The van der Waals surface area contributed by atoms with Gasteiger partial charge < -0.3 is 15.4 Å². The van der Waals surface area contributed by atoms with Crippen molar-refractivity contribution < 1.29 is 13.5 Å². The highest BCUT2D eigenvalue weighted by molar-refractivity contribution is 5.38. The standard InChI is InChI=1S/C21H26F2N2O/c1-21(22,23)17-10-11-19(26-2)16(13-17)14-25-18-9-6-12-24-20(18)15-7-4-3-5-8-15/h3-5,7-8,10-11,13,18,20,24-25H,6,9,12,14H2,1-2H3/t18-,20-/m0/s1. The molecule has 1 aliphatic heterocycles. The summed E-state index contributed by atoms with van der Waals surface area (Å²) >= 11 is 0. The van der Waals surface area contributed by atoms with E-state index in [0.717, 1.165) is 31.9 Å². The summed E-state index contributed by atoms with van der Waals surface area (Å²) in [4.78, 5) is 0. The molecule has 1 aliphatic rings. The lowest BCUT2D eigenvalue weighted by atomic mass is 9.92. The number of rotatable bonds is 6. The van der Waals surface area contributed by atoms with Gasteiger partial charge in [0.05, 0.1) is 7.11 Å². The third-order valence-corrected chi connectivity index (χ3v) is 4.96. The first kappa shape index (κ1) is 18.8. The number of hydrogen-bond acceptors (Lipinski definition) is 3. The van der Waals surface area contributed by atoms with Gasteiger partial charge in [0.1, 0.15) is 5.75 Å². The molecule has 0 radical (unpaired) electrons. The molecule has 26 heavy (non-hydrogen) atoms. The molecule has 0 saturated carbocycles. The number of hydrogen-bond donors (Lipinski definition) is 2. The van der Waals surface area contributed by atoms with E-state index in [2.05, 4.69) is 22.8 Å². The largest absolute Gasteiger partial charge is 0.496 e. The van der Waals surface area contributed by atoms with Crippen molar-refractivity contribution in [3.05, 3.63) is 65.2 Å². The van der Waals surface area contributed by atoms with E-state index >= 15 is 0 Å². The van der Waals surface area contributed by atoms with Gasteiger partial charge in [-0.2, -0.15) is 0 Å². The summed E-state index contributed by atoms with van der Waals surface area (Å²) in [6.07, 6.45) is 2.13. The number of halogens is 2. The third kappa shape index (κ3) is 4.40. The first-order valence-corrected chi connectivity index (χ1v) is 9.06. The molecule has 140 valence electrons. The van der Waals surface area contributed by atoms with Crippen LogP contribution >= 0.6 is 0 Å². The second-order valence-corrected chi connectivity index (χ2v) is 6.89. The summed E-state index contributed by atoms with van der Waals surface area (Å²) in [5.41, 5.74) is 2.01. The van der Waals surface area contributed by atoms with Gasteiger partial charge >= 0.3 is 0 Å². The van der Waals surface area contributed by atoms with Crippen molar-refractivity contribution in [3.63, 3.8) is 0 Å². The zero-order chi connectivity index (χ0) is 18.6. The van der Waals surface area contributed by atoms with Crippen molar-refractivity contribution in [2.75, 3.05) is 13.7 Å². The molecule has 0 spiro atoms. The van der Waals surface area contributed by atoms with Crippen molar-refractivity contribution in [1.82, 2.24) is 10.6 Å². The Balaban J connectivity index is 1.76. The van der Waals surface area contributed by atoms with Crippen LogP contribution in [0.3, 0.4) is 0 Å². The zero-order valence-corrected chi connectivity index (χ0v) is 15.3. The van der Waals surface area contributed by atoms with Crippen LogP contribution in [0.2, 0.25) is 0 Å². The molecule has 3 nitrogen and oxygen atoms in total. The fraction of sp³-hybridized carbons (Fsp3) is 0.429. The minimum absolute atomic E-state index is 0.0106. The molecule has 0 unspecified atom stereocenters. The molecule has 0 aromatic heterocycles. The Kier molecular flexibility index (Phi) is 5.89. The van der Waals surface area contributed by atoms with Crippen molar-refractivity contribution in [2.45, 2.75) is 44.3 Å². The predicted octanol–water partition coefficient (Wildman–Crippen LogP) is 4.39. The highest BCUT2D eigenvalue weighted by atomic mass is 19.3. The van der Waals surface area contributed by atoms with Gasteiger partial charge in [-0.3, -0.25) is 0 Å². The first-order chi connectivity index (χ1) is 12.5. The molecule has 2 aromatic rings. The van der Waals surface area contributed by atoms with Gasteiger partial charge in [0.2, 0.25) is 0 Å². The Bertz CT molecular complexity index is 716. The van der Waals surface area contributed by atoms with E-state index < -0.39 is 5.92 Å². The summed E-state index contributed by atoms with van der Waals surface area (Å²) in [7, 11) is 1.57. The smallest absolute Gasteiger partial charge is 0.270 e. The van der Waals surface area contributed by atoms with E-state index in [-0.39, 0.29) is 17.6 Å². The number of nitrogens with one attached hydrogen (secondary N) is 2. The minimum Gasteiger partial charge on any atom is -0.496 e. The fourth-order valence-electron chi connectivity index (χ4n) is 3.55. The van der Waals surface area contributed by atoms with Crippen LogP contribution in [0, 0.1) is 0 Å². The van der Waals surface area contributed by atoms with Crippen LogP contribution in [0.15, 0.2) is 48.5 Å². The van der Waals surface area contributed by atoms with E-state index in [4.69, 9.17) is 4.74 Å². The number of piperidine rings is 1. The Morgan fingerprint density at radius 2 is 1.96 bits per heavy atom. The highest BCUT2D eigenvalue weighted by Gasteiger charge is 2.27. The maximum atomic E-state index is 13.7. The van der Waals surface area contributed by atoms with Crippen molar-refractivity contribution in [2.24, 2.45) is 0 Å². The highest BCUT2D eigenvalue weighted by Crippen LogP contribution is 2.31. The van der Waals surface area contributed by atoms with Gasteiger partial charge in [-0.1, -0.05) is 30.3 Å². The van der Waals surface area contributed by atoms with Crippen LogP contribution in [0.4, 0.5) is 8.78 Å². The third-order valence-electron chi connectivity index (χ3n) is 4.96. The Hall–Kier alpha value is -1.98. The Morgan fingerprint density at radius 3 is 2.65 bits per heavy atom. The maximum absolute atomic E-state index is 13.7. The molecule has 0 bridgehead atoms. The monoisotopic (exact) mass is 360 g/mol. The average Bonchev–Trinajstić information content (AvgIpc) is 2.66. The second kappa shape index (κ2) is 8.14. The van der Waals surface area contributed by atoms with Crippen LogP contribution in [0.25, 0.3) is 0 Å². The number of benzene rings is 2. The maximum Gasteiger partial charge on any atom is 0.270 e. The summed E-state index contributed by atoms with van der Waals surface area (Å²) < 4.78 is 32.7. The van der Waals surface area contributed by atoms with Crippen molar-refractivity contribution in [3.8, 4) is 5.75 Å². The topological polar surface area (TPSA) is 33.3 Å². The van der Waals surface area contributed by atoms with E-state index in [9.17, 15) is 8.78 Å². The minimum atomic E-state index is -2.86. The SMILES string of the molecule is COc1ccc(C(C)(F)F)cc1CN[C@H]1CCCN[C@H]1c1ccccc1. The molecule has 2 aromatic carbocycles. The van der Waals surface area contributed by atoms with Crippen molar-refractivity contribution in [1.29, 1.82) is 0 Å². The number of methoxy groups -OCH3 is 1. The molecular formula is C21H26F2N2O. The second-order valence-electron chi connectivity index (χ2n) is 6.89. The molecule has 2 N–H and O–H groups in total. The average molecular weight is 360 g/mol. The van der Waals surface area contributed by atoms with Crippen LogP contribution in [-0.2, 0) is 12.5 Å². The lowest BCUT2D eigenvalue weighted by Gasteiger charge is -2.34. The molecule has 1 saturated heterocycles. The quantitative estimate of drug-likeness (QED) is 0.802. The summed E-state index contributed by atoms with van der Waals surface area (Å²) in [6.45, 7) is 2.39. The van der Waals surface area contributed by atoms with E-state index in [1.807, 2.05) is 18.2 Å². The van der Waals surface area contributed by atoms with E-state index in [1.165, 1.54) is 11.6 Å². The number of ether oxygens (including phenoxy) is 1. The number of alkyl halides is 2. The molecule has 0 amide bonds.